The van der Waals surface area contributed by atoms with E-state index < -0.39 is 9.84 Å². The summed E-state index contributed by atoms with van der Waals surface area (Å²) >= 11 is 0. The van der Waals surface area contributed by atoms with Gasteiger partial charge in [-0.15, -0.1) is 24.0 Å². The molecule has 0 spiro atoms. The van der Waals surface area contributed by atoms with E-state index in [1.54, 1.807) is 18.3 Å². The first-order chi connectivity index (χ1) is 14.9. The molecule has 0 aliphatic carbocycles. The van der Waals surface area contributed by atoms with Crippen molar-refractivity contribution in [2.45, 2.75) is 31.3 Å². The number of hydrogen-bond donors (Lipinski definition) is 2. The van der Waals surface area contributed by atoms with Crippen LogP contribution in [0.15, 0.2) is 76.9 Å². The van der Waals surface area contributed by atoms with Gasteiger partial charge in [0, 0.05) is 31.7 Å². The van der Waals surface area contributed by atoms with Gasteiger partial charge in [-0.3, -0.25) is 4.68 Å². The topological polar surface area (TPSA) is 88.4 Å². The van der Waals surface area contributed by atoms with E-state index in [9.17, 15) is 8.42 Å². The molecule has 7 nitrogen and oxygen atoms in total. The molecule has 0 amide bonds. The lowest BCUT2D eigenvalue weighted by atomic mass is 10.1. The van der Waals surface area contributed by atoms with E-state index in [2.05, 4.69) is 33.9 Å². The van der Waals surface area contributed by atoms with Gasteiger partial charge in [-0.25, -0.2) is 13.4 Å². The van der Waals surface area contributed by atoms with E-state index in [4.69, 9.17) is 4.99 Å². The second kappa shape index (κ2) is 12.6. The fourth-order valence-corrected chi connectivity index (χ4v) is 3.78. The number of hydrogen-bond acceptors (Lipinski definition) is 4. The van der Waals surface area contributed by atoms with Crippen LogP contribution in [0.4, 0.5) is 0 Å². The molecule has 3 rings (SSSR count). The van der Waals surface area contributed by atoms with E-state index >= 15 is 0 Å². The molecule has 0 fully saturated rings. The van der Waals surface area contributed by atoms with E-state index in [0.29, 0.717) is 18.0 Å². The molecule has 0 aliphatic rings. The molecule has 2 N–H and O–H groups in total. The van der Waals surface area contributed by atoms with Gasteiger partial charge in [-0.05, 0) is 48.2 Å². The molecule has 1 heterocycles. The van der Waals surface area contributed by atoms with Crippen molar-refractivity contribution in [3.8, 4) is 0 Å². The Morgan fingerprint density at radius 3 is 2.44 bits per heavy atom. The molecule has 0 bridgehead atoms. The molecule has 0 aliphatic heterocycles. The highest BCUT2D eigenvalue weighted by atomic mass is 127. The minimum absolute atomic E-state index is 0. The third kappa shape index (κ3) is 8.27. The van der Waals surface area contributed by atoms with Gasteiger partial charge < -0.3 is 10.6 Å². The van der Waals surface area contributed by atoms with Crippen LogP contribution >= 0.6 is 24.0 Å². The van der Waals surface area contributed by atoms with Gasteiger partial charge in [0.1, 0.15) is 0 Å². The Morgan fingerprint density at radius 1 is 1.03 bits per heavy atom. The second-order valence-electron chi connectivity index (χ2n) is 7.31. The van der Waals surface area contributed by atoms with Gasteiger partial charge in [0.2, 0.25) is 0 Å². The first-order valence-electron chi connectivity index (χ1n) is 10.3. The predicted octanol–water partition coefficient (Wildman–Crippen LogP) is 3.25. The molecule has 0 saturated carbocycles. The number of halogens is 1. The van der Waals surface area contributed by atoms with Crippen molar-refractivity contribution in [3.05, 3.63) is 83.7 Å². The lowest BCUT2D eigenvalue weighted by Crippen LogP contribution is -2.38. The summed E-state index contributed by atoms with van der Waals surface area (Å²) in [5.41, 5.74) is 3.40. The van der Waals surface area contributed by atoms with Gasteiger partial charge in [0.25, 0.3) is 0 Å². The van der Waals surface area contributed by atoms with Gasteiger partial charge in [0.05, 0.1) is 18.0 Å². The number of guanidine groups is 1. The molecular formula is C23H30IN5O2S. The van der Waals surface area contributed by atoms with E-state index in [0.717, 1.165) is 36.6 Å². The van der Waals surface area contributed by atoms with Crippen LogP contribution in [0.1, 0.15) is 23.6 Å². The van der Waals surface area contributed by atoms with Gasteiger partial charge >= 0.3 is 0 Å². The molecular weight excluding hydrogens is 537 g/mol. The van der Waals surface area contributed by atoms with Crippen molar-refractivity contribution < 1.29 is 8.42 Å². The van der Waals surface area contributed by atoms with Crippen molar-refractivity contribution in [2.75, 3.05) is 19.3 Å². The Bertz CT molecular complexity index is 1100. The minimum atomic E-state index is -3.16. The highest BCUT2D eigenvalue weighted by Crippen LogP contribution is 2.11. The SMILES string of the molecule is CCNC(=NCc1cccc(Cn2cccn2)c1)NCCc1ccc(S(C)(=O)=O)cc1.I. The monoisotopic (exact) mass is 567 g/mol. The first kappa shape index (κ1) is 25.9. The molecule has 0 unspecified atom stereocenters. The number of aromatic nitrogens is 2. The smallest absolute Gasteiger partial charge is 0.191 e. The van der Waals surface area contributed by atoms with Crippen LogP contribution in [0, 0.1) is 0 Å². The number of nitrogens with zero attached hydrogens (tertiary/aromatic N) is 3. The highest BCUT2D eigenvalue weighted by Gasteiger charge is 2.06. The number of rotatable bonds is 9. The molecule has 9 heteroatoms. The van der Waals surface area contributed by atoms with Crippen molar-refractivity contribution in [2.24, 2.45) is 4.99 Å². The van der Waals surface area contributed by atoms with Crippen LogP contribution < -0.4 is 10.6 Å². The van der Waals surface area contributed by atoms with E-state index in [-0.39, 0.29) is 24.0 Å². The van der Waals surface area contributed by atoms with Crippen LogP contribution in [0.3, 0.4) is 0 Å². The van der Waals surface area contributed by atoms with Crippen LogP contribution in [0.25, 0.3) is 0 Å². The molecule has 172 valence electrons. The molecule has 0 radical (unpaired) electrons. The Kier molecular flexibility index (Phi) is 10.2. The fraction of sp³-hybridized carbons (Fsp3) is 0.304. The largest absolute Gasteiger partial charge is 0.357 e. The quantitative estimate of drug-likeness (QED) is 0.236. The van der Waals surface area contributed by atoms with Crippen molar-refractivity contribution in [3.63, 3.8) is 0 Å². The lowest BCUT2D eigenvalue weighted by Gasteiger charge is -2.12. The zero-order valence-corrected chi connectivity index (χ0v) is 21.5. The average molecular weight is 567 g/mol. The zero-order valence-electron chi connectivity index (χ0n) is 18.4. The average Bonchev–Trinajstić information content (AvgIpc) is 3.25. The maximum atomic E-state index is 11.6. The zero-order chi connectivity index (χ0) is 22.1. The maximum absolute atomic E-state index is 11.6. The predicted molar refractivity (Wildman–Crippen MR) is 139 cm³/mol. The highest BCUT2D eigenvalue weighted by molar-refractivity contribution is 14.0. The number of aliphatic imine (C=N–C) groups is 1. The number of nitrogens with one attached hydrogen (secondary N) is 2. The van der Waals surface area contributed by atoms with E-state index in [1.807, 2.05) is 42.1 Å². The molecule has 1 aromatic heterocycles. The summed E-state index contributed by atoms with van der Waals surface area (Å²) in [6.07, 6.45) is 5.72. The third-order valence-corrected chi connectivity index (χ3v) is 5.85. The van der Waals surface area contributed by atoms with Gasteiger partial charge in [-0.1, -0.05) is 36.4 Å². The van der Waals surface area contributed by atoms with Crippen molar-refractivity contribution >= 4 is 39.8 Å². The van der Waals surface area contributed by atoms with Crippen LogP contribution in [-0.4, -0.2) is 43.5 Å². The minimum Gasteiger partial charge on any atom is -0.357 e. The molecule has 32 heavy (non-hydrogen) atoms. The van der Waals surface area contributed by atoms with Gasteiger partial charge in [0.15, 0.2) is 15.8 Å². The molecule has 0 atom stereocenters. The Labute approximate surface area is 207 Å². The van der Waals surface area contributed by atoms with Crippen molar-refractivity contribution in [1.82, 2.24) is 20.4 Å². The van der Waals surface area contributed by atoms with Gasteiger partial charge in [-0.2, -0.15) is 5.10 Å². The van der Waals surface area contributed by atoms with Crippen LogP contribution in [-0.2, 0) is 29.3 Å². The first-order valence-corrected chi connectivity index (χ1v) is 12.2. The number of sulfone groups is 1. The molecule has 0 saturated heterocycles. The summed E-state index contributed by atoms with van der Waals surface area (Å²) < 4.78 is 25.0. The standard InChI is InChI=1S/C23H29N5O2S.HI/c1-3-24-23(25-14-12-19-8-10-22(11-9-19)31(2,29)30)26-17-20-6-4-7-21(16-20)18-28-15-5-13-27-28;/h4-11,13,15-16H,3,12,14,17-18H2,1-2H3,(H2,24,25,26);1H. The summed E-state index contributed by atoms with van der Waals surface area (Å²) in [6.45, 7) is 4.82. The summed E-state index contributed by atoms with van der Waals surface area (Å²) in [5, 5.41) is 10.9. The summed E-state index contributed by atoms with van der Waals surface area (Å²) in [4.78, 5) is 5.03. The Hall–Kier alpha value is -2.40. The number of benzene rings is 2. The van der Waals surface area contributed by atoms with Crippen LogP contribution in [0.5, 0.6) is 0 Å². The molecule has 3 aromatic rings. The lowest BCUT2D eigenvalue weighted by molar-refractivity contribution is 0.602. The Morgan fingerprint density at radius 2 is 1.78 bits per heavy atom. The fourth-order valence-electron chi connectivity index (χ4n) is 3.15. The van der Waals surface area contributed by atoms with E-state index in [1.165, 1.54) is 11.8 Å². The third-order valence-electron chi connectivity index (χ3n) is 4.72. The maximum Gasteiger partial charge on any atom is 0.191 e. The molecule has 2 aromatic carbocycles. The summed E-state index contributed by atoms with van der Waals surface area (Å²) in [6, 6.07) is 17.3. The summed E-state index contributed by atoms with van der Waals surface area (Å²) in [5.74, 6) is 0.757. The van der Waals surface area contributed by atoms with Crippen LogP contribution in [0.2, 0.25) is 0 Å². The van der Waals surface area contributed by atoms with Crippen molar-refractivity contribution in [1.29, 1.82) is 0 Å². The second-order valence-corrected chi connectivity index (χ2v) is 9.33. The Balaban J connectivity index is 0.00000363. The normalized spacial score (nSPS) is 11.6. The summed E-state index contributed by atoms with van der Waals surface area (Å²) in [7, 11) is -3.16.